The van der Waals surface area contributed by atoms with Crippen molar-refractivity contribution in [3.63, 3.8) is 0 Å². The number of hydrogen-bond donors (Lipinski definition) is 1. The highest BCUT2D eigenvalue weighted by Crippen LogP contribution is 2.25. The zero-order chi connectivity index (χ0) is 21.8. The molecule has 158 valence electrons. The molecule has 2 heterocycles. The van der Waals surface area contributed by atoms with Gasteiger partial charge in [-0.3, -0.25) is 9.69 Å². The van der Waals surface area contributed by atoms with Gasteiger partial charge in [-0.05, 0) is 33.0 Å². The summed E-state index contributed by atoms with van der Waals surface area (Å²) in [7, 11) is 1.93. The van der Waals surface area contributed by atoms with Crippen molar-refractivity contribution in [2.45, 2.75) is 20.4 Å². The van der Waals surface area contributed by atoms with Crippen molar-refractivity contribution in [3.05, 3.63) is 82.3 Å². The first-order valence-electron chi connectivity index (χ1n) is 10.1. The molecule has 0 spiro atoms. The summed E-state index contributed by atoms with van der Waals surface area (Å²) in [5.41, 5.74) is 3.91. The van der Waals surface area contributed by atoms with Crippen LogP contribution in [-0.4, -0.2) is 39.2 Å². The number of amides is 1. The Labute approximate surface area is 186 Å². The van der Waals surface area contributed by atoms with E-state index in [2.05, 4.69) is 29.4 Å². The van der Waals surface area contributed by atoms with Crippen LogP contribution in [0.5, 0.6) is 0 Å². The number of rotatable bonds is 7. The highest BCUT2D eigenvalue weighted by atomic mass is 32.1. The summed E-state index contributed by atoms with van der Waals surface area (Å²) in [6.07, 6.45) is 1.87. The Morgan fingerprint density at radius 1 is 1.10 bits per heavy atom. The SMILES string of the molecule is Cc1ccc(-c2cc(NC(=O)CN(C)Cc3cnc(C)s3)n(-c3ccccc3)n2)cc1. The van der Waals surface area contributed by atoms with Gasteiger partial charge >= 0.3 is 0 Å². The monoisotopic (exact) mass is 431 g/mol. The fraction of sp³-hybridized carbons (Fsp3) is 0.208. The second-order valence-electron chi connectivity index (χ2n) is 7.59. The Morgan fingerprint density at radius 2 is 1.84 bits per heavy atom. The van der Waals surface area contributed by atoms with Crippen molar-refractivity contribution in [2.75, 3.05) is 18.9 Å². The largest absolute Gasteiger partial charge is 0.309 e. The van der Waals surface area contributed by atoms with E-state index in [1.807, 2.05) is 73.6 Å². The average Bonchev–Trinajstić information content (AvgIpc) is 3.35. The summed E-state index contributed by atoms with van der Waals surface area (Å²) >= 11 is 1.65. The molecule has 7 heteroatoms. The molecule has 0 atom stereocenters. The minimum atomic E-state index is -0.0868. The van der Waals surface area contributed by atoms with Gasteiger partial charge in [0.05, 0.1) is 22.9 Å². The van der Waals surface area contributed by atoms with Gasteiger partial charge in [0.25, 0.3) is 0 Å². The number of nitrogens with one attached hydrogen (secondary N) is 1. The van der Waals surface area contributed by atoms with Crippen LogP contribution in [0.25, 0.3) is 16.9 Å². The Hall–Kier alpha value is -3.29. The van der Waals surface area contributed by atoms with Gasteiger partial charge in [0.15, 0.2) is 0 Å². The van der Waals surface area contributed by atoms with E-state index in [9.17, 15) is 4.79 Å². The standard InChI is InChI=1S/C24H25N5OS/c1-17-9-11-19(12-10-17)22-13-23(29(27-22)20-7-5-4-6-8-20)26-24(30)16-28(3)15-21-14-25-18(2)31-21/h4-14H,15-16H2,1-3H3,(H,26,30). The number of likely N-dealkylation sites (N-methyl/N-ethyl adjacent to an activating group) is 1. The lowest BCUT2D eigenvalue weighted by molar-refractivity contribution is -0.117. The number of nitrogens with zero attached hydrogens (tertiary/aromatic N) is 4. The Balaban J connectivity index is 1.54. The van der Waals surface area contributed by atoms with Gasteiger partial charge in [0, 0.05) is 29.2 Å². The number of para-hydroxylation sites is 1. The minimum absolute atomic E-state index is 0.0868. The summed E-state index contributed by atoms with van der Waals surface area (Å²) in [5.74, 6) is 0.560. The molecular formula is C24H25N5OS. The van der Waals surface area contributed by atoms with E-state index in [1.165, 1.54) is 5.56 Å². The van der Waals surface area contributed by atoms with Crippen LogP contribution in [0, 0.1) is 13.8 Å². The molecule has 0 aliphatic heterocycles. The number of benzene rings is 2. The summed E-state index contributed by atoms with van der Waals surface area (Å²) in [6.45, 7) is 5.00. The third-order valence-corrected chi connectivity index (χ3v) is 5.73. The predicted octanol–water partition coefficient (Wildman–Crippen LogP) is 4.68. The fourth-order valence-electron chi connectivity index (χ4n) is 3.33. The predicted molar refractivity (Wildman–Crippen MR) is 126 cm³/mol. The molecule has 6 nitrogen and oxygen atoms in total. The van der Waals surface area contributed by atoms with E-state index in [4.69, 9.17) is 5.10 Å². The summed E-state index contributed by atoms with van der Waals surface area (Å²) in [5, 5.41) is 8.84. The van der Waals surface area contributed by atoms with Crippen LogP contribution in [0.3, 0.4) is 0 Å². The average molecular weight is 432 g/mol. The summed E-state index contributed by atoms with van der Waals surface area (Å²) in [6, 6.07) is 19.9. The molecule has 4 aromatic rings. The molecule has 0 aliphatic carbocycles. The molecule has 0 fully saturated rings. The fourth-order valence-corrected chi connectivity index (χ4v) is 4.20. The van der Waals surface area contributed by atoms with E-state index in [-0.39, 0.29) is 12.5 Å². The number of hydrogen-bond acceptors (Lipinski definition) is 5. The molecule has 0 saturated heterocycles. The first kappa shape index (κ1) is 21.0. The van der Waals surface area contributed by atoms with Crippen LogP contribution in [0.4, 0.5) is 5.82 Å². The van der Waals surface area contributed by atoms with Crippen LogP contribution in [0.15, 0.2) is 66.9 Å². The van der Waals surface area contributed by atoms with Gasteiger partial charge in [0.1, 0.15) is 5.82 Å². The molecule has 0 bridgehead atoms. The third-order valence-electron chi connectivity index (χ3n) is 4.83. The maximum Gasteiger partial charge on any atom is 0.239 e. The molecule has 0 aliphatic rings. The second kappa shape index (κ2) is 9.24. The molecule has 0 saturated carbocycles. The Morgan fingerprint density at radius 3 is 2.52 bits per heavy atom. The van der Waals surface area contributed by atoms with Gasteiger partial charge in [-0.15, -0.1) is 11.3 Å². The summed E-state index contributed by atoms with van der Waals surface area (Å²) in [4.78, 5) is 20.2. The zero-order valence-corrected chi connectivity index (χ0v) is 18.7. The van der Waals surface area contributed by atoms with E-state index in [0.717, 1.165) is 26.8 Å². The molecule has 0 radical (unpaired) electrons. The number of carbonyl (C=O) groups is 1. The van der Waals surface area contributed by atoms with Gasteiger partial charge in [0.2, 0.25) is 5.91 Å². The molecule has 4 rings (SSSR count). The van der Waals surface area contributed by atoms with Crippen molar-refractivity contribution < 1.29 is 4.79 Å². The highest BCUT2D eigenvalue weighted by Gasteiger charge is 2.15. The van der Waals surface area contributed by atoms with Crippen LogP contribution >= 0.6 is 11.3 Å². The smallest absolute Gasteiger partial charge is 0.239 e. The van der Waals surface area contributed by atoms with Crippen molar-refractivity contribution in [1.29, 1.82) is 0 Å². The Kier molecular flexibility index (Phi) is 6.25. The molecule has 1 amide bonds. The third kappa shape index (κ3) is 5.25. The highest BCUT2D eigenvalue weighted by molar-refractivity contribution is 7.11. The molecule has 1 N–H and O–H groups in total. The first-order valence-corrected chi connectivity index (χ1v) is 10.9. The van der Waals surface area contributed by atoms with Crippen LogP contribution in [-0.2, 0) is 11.3 Å². The van der Waals surface area contributed by atoms with E-state index < -0.39 is 0 Å². The lowest BCUT2D eigenvalue weighted by Crippen LogP contribution is -2.30. The molecule has 2 aromatic heterocycles. The maximum absolute atomic E-state index is 12.8. The van der Waals surface area contributed by atoms with Gasteiger partial charge in [-0.1, -0.05) is 48.0 Å². The van der Waals surface area contributed by atoms with Gasteiger partial charge < -0.3 is 5.32 Å². The topological polar surface area (TPSA) is 63.1 Å². The number of thiazole rings is 1. The number of aromatic nitrogens is 3. The van der Waals surface area contributed by atoms with Gasteiger partial charge in [-0.2, -0.15) is 5.10 Å². The lowest BCUT2D eigenvalue weighted by Gasteiger charge is -2.15. The second-order valence-corrected chi connectivity index (χ2v) is 8.91. The van der Waals surface area contributed by atoms with Crippen molar-refractivity contribution in [1.82, 2.24) is 19.7 Å². The van der Waals surface area contributed by atoms with Gasteiger partial charge in [-0.25, -0.2) is 9.67 Å². The molecule has 0 unspecified atom stereocenters. The van der Waals surface area contributed by atoms with Crippen LogP contribution in [0.2, 0.25) is 0 Å². The number of carbonyl (C=O) groups excluding carboxylic acids is 1. The molecular weight excluding hydrogens is 406 g/mol. The van der Waals surface area contributed by atoms with Crippen molar-refractivity contribution >= 4 is 23.1 Å². The quantitative estimate of drug-likeness (QED) is 0.461. The number of anilines is 1. The summed E-state index contributed by atoms with van der Waals surface area (Å²) < 4.78 is 1.78. The molecule has 31 heavy (non-hydrogen) atoms. The van der Waals surface area contributed by atoms with Crippen molar-refractivity contribution in [3.8, 4) is 16.9 Å². The number of aryl methyl sites for hydroxylation is 2. The van der Waals surface area contributed by atoms with E-state index >= 15 is 0 Å². The minimum Gasteiger partial charge on any atom is -0.309 e. The van der Waals surface area contributed by atoms with E-state index in [1.54, 1.807) is 16.0 Å². The zero-order valence-electron chi connectivity index (χ0n) is 17.9. The van der Waals surface area contributed by atoms with Crippen LogP contribution < -0.4 is 5.32 Å². The first-order chi connectivity index (χ1) is 15.0. The van der Waals surface area contributed by atoms with Crippen molar-refractivity contribution in [2.24, 2.45) is 0 Å². The van der Waals surface area contributed by atoms with Crippen LogP contribution in [0.1, 0.15) is 15.4 Å². The van der Waals surface area contributed by atoms with E-state index in [0.29, 0.717) is 12.4 Å². The lowest BCUT2D eigenvalue weighted by atomic mass is 10.1. The Bertz CT molecular complexity index is 1160. The normalized spacial score (nSPS) is 11.1. The molecule has 2 aromatic carbocycles. The maximum atomic E-state index is 12.8.